The molecule has 4 N–H and O–H groups in total. The number of phenols is 1. The number of phenolic OH excluding ortho intramolecular Hbond substituents is 1. The fraction of sp³-hybridized carbons (Fsp3) is 0. The molecule has 5 heteroatoms. The number of aromatic nitrogens is 2. The molecule has 18 heavy (non-hydrogen) atoms. The van der Waals surface area contributed by atoms with Crippen LogP contribution in [-0.4, -0.2) is 15.1 Å². The number of rotatable bonds is 1. The number of aromatic amines is 1. The second-order valence-electron chi connectivity index (χ2n) is 4.02. The Kier molecular flexibility index (Phi) is 2.19. The molecule has 0 atom stereocenters. The van der Waals surface area contributed by atoms with Crippen molar-refractivity contribution in [2.45, 2.75) is 0 Å². The summed E-state index contributed by atoms with van der Waals surface area (Å²) >= 11 is 0. The lowest BCUT2D eigenvalue weighted by Gasteiger charge is -2.01. The predicted molar refractivity (Wildman–Crippen MR) is 67.6 cm³/mol. The number of imidazole rings is 1. The van der Waals surface area contributed by atoms with E-state index in [0.29, 0.717) is 28.1 Å². The molecule has 90 valence electrons. The highest BCUT2D eigenvalue weighted by atomic mass is 19.1. The number of benzene rings is 2. The maximum atomic E-state index is 13.1. The fourth-order valence-electron chi connectivity index (χ4n) is 1.86. The Bertz CT molecular complexity index is 736. The molecule has 1 heterocycles. The highest BCUT2D eigenvalue weighted by Crippen LogP contribution is 2.30. The lowest BCUT2D eigenvalue weighted by Crippen LogP contribution is -1.86. The van der Waals surface area contributed by atoms with Gasteiger partial charge in [0.25, 0.3) is 0 Å². The molecule has 0 spiro atoms. The summed E-state index contributed by atoms with van der Waals surface area (Å²) in [7, 11) is 0. The molecule has 0 amide bonds. The number of nitrogens with zero attached hydrogens (tertiary/aromatic N) is 1. The van der Waals surface area contributed by atoms with Gasteiger partial charge in [0.1, 0.15) is 17.4 Å². The van der Waals surface area contributed by atoms with Gasteiger partial charge in [-0.2, -0.15) is 0 Å². The van der Waals surface area contributed by atoms with E-state index < -0.39 is 0 Å². The number of nitrogens with two attached hydrogens (primary N) is 1. The van der Waals surface area contributed by atoms with Gasteiger partial charge in [-0.1, -0.05) is 0 Å². The van der Waals surface area contributed by atoms with Crippen molar-refractivity contribution in [1.29, 1.82) is 0 Å². The Morgan fingerprint density at radius 2 is 2.00 bits per heavy atom. The van der Waals surface area contributed by atoms with Gasteiger partial charge >= 0.3 is 0 Å². The van der Waals surface area contributed by atoms with Crippen LogP contribution in [0, 0.1) is 5.82 Å². The average Bonchev–Trinajstić information content (AvgIpc) is 2.71. The molecule has 0 unspecified atom stereocenters. The predicted octanol–water partition coefficient (Wildman–Crippen LogP) is 2.66. The molecule has 1 aromatic heterocycles. The van der Waals surface area contributed by atoms with Gasteiger partial charge in [0.15, 0.2) is 0 Å². The third kappa shape index (κ3) is 1.66. The molecule has 0 radical (unpaired) electrons. The van der Waals surface area contributed by atoms with E-state index in [1.54, 1.807) is 18.2 Å². The highest BCUT2D eigenvalue weighted by Gasteiger charge is 2.10. The summed E-state index contributed by atoms with van der Waals surface area (Å²) < 4.78 is 13.1. The smallest absolute Gasteiger partial charge is 0.142 e. The zero-order chi connectivity index (χ0) is 12.7. The average molecular weight is 243 g/mol. The highest BCUT2D eigenvalue weighted by molar-refractivity contribution is 5.81. The number of hydrogen-bond acceptors (Lipinski definition) is 3. The van der Waals surface area contributed by atoms with E-state index in [-0.39, 0.29) is 11.6 Å². The topological polar surface area (TPSA) is 74.9 Å². The van der Waals surface area contributed by atoms with E-state index in [1.807, 2.05) is 0 Å². The summed E-state index contributed by atoms with van der Waals surface area (Å²) in [6.45, 7) is 0. The minimum atomic E-state index is -0.334. The summed E-state index contributed by atoms with van der Waals surface area (Å²) in [6, 6.07) is 9.07. The molecule has 2 aromatic carbocycles. The van der Waals surface area contributed by atoms with E-state index in [1.165, 1.54) is 18.2 Å². The van der Waals surface area contributed by atoms with Crippen molar-refractivity contribution in [3.05, 3.63) is 42.2 Å². The number of H-pyrrole nitrogens is 1. The van der Waals surface area contributed by atoms with Crippen LogP contribution in [0.2, 0.25) is 0 Å². The number of hydrogen-bond donors (Lipinski definition) is 3. The van der Waals surface area contributed by atoms with Crippen LogP contribution in [0.4, 0.5) is 10.1 Å². The van der Waals surface area contributed by atoms with E-state index in [0.717, 1.165) is 0 Å². The molecule has 4 nitrogen and oxygen atoms in total. The van der Waals surface area contributed by atoms with Gasteiger partial charge in [0.05, 0.1) is 16.6 Å². The third-order valence-electron chi connectivity index (χ3n) is 2.72. The first-order valence-electron chi connectivity index (χ1n) is 5.37. The van der Waals surface area contributed by atoms with Gasteiger partial charge < -0.3 is 15.8 Å². The van der Waals surface area contributed by atoms with Crippen LogP contribution in [0.1, 0.15) is 0 Å². The Hall–Kier alpha value is -2.56. The Morgan fingerprint density at radius 1 is 1.17 bits per heavy atom. The van der Waals surface area contributed by atoms with Gasteiger partial charge in [-0.05, 0) is 30.3 Å². The number of aromatic hydroxyl groups is 1. The maximum absolute atomic E-state index is 13.1. The summed E-state index contributed by atoms with van der Waals surface area (Å²) in [6.07, 6.45) is 0. The fourth-order valence-corrected chi connectivity index (χ4v) is 1.86. The molecule has 0 saturated heterocycles. The number of anilines is 1. The van der Waals surface area contributed by atoms with Gasteiger partial charge in [-0.15, -0.1) is 0 Å². The van der Waals surface area contributed by atoms with Crippen LogP contribution < -0.4 is 5.73 Å². The van der Waals surface area contributed by atoms with Gasteiger partial charge in [0, 0.05) is 11.8 Å². The third-order valence-corrected chi connectivity index (χ3v) is 2.72. The zero-order valence-electron chi connectivity index (χ0n) is 9.31. The molecule has 0 aliphatic rings. The van der Waals surface area contributed by atoms with Crippen molar-refractivity contribution in [2.24, 2.45) is 0 Å². The maximum Gasteiger partial charge on any atom is 0.142 e. The molecule has 0 bridgehead atoms. The number of halogens is 1. The lowest BCUT2D eigenvalue weighted by atomic mass is 10.2. The molecule has 0 aliphatic carbocycles. The Balaban J connectivity index is 2.19. The number of nitrogen functional groups attached to an aromatic ring is 1. The molecule has 0 aliphatic heterocycles. The van der Waals surface area contributed by atoms with Crippen molar-refractivity contribution >= 4 is 16.7 Å². The minimum Gasteiger partial charge on any atom is -0.507 e. The van der Waals surface area contributed by atoms with Crippen molar-refractivity contribution < 1.29 is 9.50 Å². The van der Waals surface area contributed by atoms with Crippen molar-refractivity contribution in [1.82, 2.24) is 9.97 Å². The molecule has 0 fully saturated rings. The van der Waals surface area contributed by atoms with Gasteiger partial charge in [0.2, 0.25) is 0 Å². The van der Waals surface area contributed by atoms with Crippen LogP contribution in [0.5, 0.6) is 5.75 Å². The first-order chi connectivity index (χ1) is 8.63. The SMILES string of the molecule is Nc1ccc(-c2nc3ccc(F)cc3[nH]2)c(O)c1. The molecule has 3 rings (SSSR count). The van der Waals surface area contributed by atoms with E-state index in [2.05, 4.69) is 9.97 Å². The van der Waals surface area contributed by atoms with Crippen molar-refractivity contribution in [2.75, 3.05) is 5.73 Å². The van der Waals surface area contributed by atoms with E-state index in [9.17, 15) is 9.50 Å². The van der Waals surface area contributed by atoms with Crippen molar-refractivity contribution in [3.8, 4) is 17.1 Å². The monoisotopic (exact) mass is 243 g/mol. The van der Waals surface area contributed by atoms with E-state index >= 15 is 0 Å². The summed E-state index contributed by atoms with van der Waals surface area (Å²) in [5, 5.41) is 9.81. The number of fused-ring (bicyclic) bond motifs is 1. The van der Waals surface area contributed by atoms with E-state index in [4.69, 9.17) is 5.73 Å². The van der Waals surface area contributed by atoms with Gasteiger partial charge in [-0.25, -0.2) is 9.37 Å². The molecule has 3 aromatic rings. The van der Waals surface area contributed by atoms with Crippen LogP contribution in [0.3, 0.4) is 0 Å². The van der Waals surface area contributed by atoms with Crippen LogP contribution in [-0.2, 0) is 0 Å². The van der Waals surface area contributed by atoms with Crippen LogP contribution >= 0.6 is 0 Å². The first kappa shape index (κ1) is 10.6. The summed E-state index contributed by atoms with van der Waals surface area (Å²) in [5.74, 6) is 0.182. The summed E-state index contributed by atoms with van der Waals surface area (Å²) in [4.78, 5) is 7.25. The lowest BCUT2D eigenvalue weighted by molar-refractivity contribution is 0.477. The quantitative estimate of drug-likeness (QED) is 0.575. The largest absolute Gasteiger partial charge is 0.507 e. The van der Waals surface area contributed by atoms with Crippen LogP contribution in [0.15, 0.2) is 36.4 Å². The molecular weight excluding hydrogens is 233 g/mol. The zero-order valence-corrected chi connectivity index (χ0v) is 9.31. The van der Waals surface area contributed by atoms with Crippen LogP contribution in [0.25, 0.3) is 22.4 Å². The molecule has 0 saturated carbocycles. The second-order valence-corrected chi connectivity index (χ2v) is 4.02. The molecular formula is C13H10FN3O. The summed E-state index contributed by atoms with van der Waals surface area (Å²) in [5.41, 5.74) is 7.79. The normalized spacial score (nSPS) is 10.9. The Morgan fingerprint density at radius 3 is 2.78 bits per heavy atom. The van der Waals surface area contributed by atoms with Crippen molar-refractivity contribution in [3.63, 3.8) is 0 Å². The van der Waals surface area contributed by atoms with Gasteiger partial charge in [-0.3, -0.25) is 0 Å². The standard InChI is InChI=1S/C13H10FN3O/c14-7-1-4-10-11(5-7)17-13(16-10)9-3-2-8(15)6-12(9)18/h1-6,18H,15H2,(H,16,17). The second kappa shape index (κ2) is 3.73. The first-order valence-corrected chi connectivity index (χ1v) is 5.37. The Labute approximate surface area is 102 Å². The number of nitrogens with one attached hydrogen (secondary N) is 1. The minimum absolute atomic E-state index is 0.0366.